The topological polar surface area (TPSA) is 56.8 Å². The number of hydrogen-bond acceptors (Lipinski definition) is 4. The fraction of sp³-hybridized carbons (Fsp3) is 0.333. The number of amides is 1. The van der Waals surface area contributed by atoms with Crippen molar-refractivity contribution < 1.29 is 19.0 Å². The summed E-state index contributed by atoms with van der Waals surface area (Å²) in [6, 6.07) is 17.3. The quantitative estimate of drug-likeness (QED) is 0.908. The van der Waals surface area contributed by atoms with E-state index in [4.69, 9.17) is 14.2 Å². The van der Waals surface area contributed by atoms with Gasteiger partial charge in [0.15, 0.2) is 6.29 Å². The highest BCUT2D eigenvalue weighted by molar-refractivity contribution is 5.79. The van der Waals surface area contributed by atoms with Crippen LogP contribution in [0.5, 0.6) is 0 Å². The second-order valence-electron chi connectivity index (χ2n) is 6.52. The number of nitrogens with one attached hydrogen (secondary N) is 1. The van der Waals surface area contributed by atoms with Crippen molar-refractivity contribution in [3.05, 3.63) is 65.7 Å². The van der Waals surface area contributed by atoms with E-state index in [9.17, 15) is 4.79 Å². The van der Waals surface area contributed by atoms with Gasteiger partial charge in [-0.15, -0.1) is 0 Å². The largest absolute Gasteiger partial charge is 0.449 e. The molecule has 0 spiro atoms. The number of carbonyl (C=O) groups excluding carboxylic acids is 1. The number of alkyl carbamates (subject to hydrolysis) is 1. The first-order valence-electron chi connectivity index (χ1n) is 8.90. The third kappa shape index (κ3) is 3.20. The molecule has 0 aromatic heterocycles. The standard InChI is InChI=1S/C21H22NO4/c1-24-20-19(11-6-12-25-20)22-21(23)26-13-18-16-9-4-2-7-14(16)15-8-3-5-10-17(15)18/h2-5,7-10,18,20H,6,11-13H2,1H3,(H,22,23). The lowest BCUT2D eigenvalue weighted by atomic mass is 9.98. The van der Waals surface area contributed by atoms with Gasteiger partial charge in [-0.1, -0.05) is 48.5 Å². The molecule has 26 heavy (non-hydrogen) atoms. The smallest absolute Gasteiger partial charge is 0.407 e. The summed E-state index contributed by atoms with van der Waals surface area (Å²) < 4.78 is 16.3. The van der Waals surface area contributed by atoms with Crippen molar-refractivity contribution in [1.29, 1.82) is 0 Å². The highest BCUT2D eigenvalue weighted by atomic mass is 16.7. The summed E-state index contributed by atoms with van der Waals surface area (Å²) >= 11 is 0. The molecular weight excluding hydrogens is 330 g/mol. The molecular formula is C21H22NO4. The third-order valence-corrected chi connectivity index (χ3v) is 4.96. The predicted molar refractivity (Wildman–Crippen MR) is 97.4 cm³/mol. The molecule has 1 amide bonds. The Bertz CT molecular complexity index is 746. The molecule has 135 valence electrons. The maximum Gasteiger partial charge on any atom is 0.407 e. The minimum Gasteiger partial charge on any atom is -0.449 e. The monoisotopic (exact) mass is 352 g/mol. The molecule has 0 bridgehead atoms. The molecule has 2 aromatic rings. The van der Waals surface area contributed by atoms with Crippen molar-refractivity contribution in [3.8, 4) is 11.1 Å². The van der Waals surface area contributed by atoms with E-state index in [1.165, 1.54) is 22.3 Å². The van der Waals surface area contributed by atoms with Crippen LogP contribution in [0.1, 0.15) is 29.9 Å². The summed E-state index contributed by atoms with van der Waals surface area (Å²) in [5.74, 6) is 0.0546. The normalized spacial score (nSPS) is 19.7. The van der Waals surface area contributed by atoms with Gasteiger partial charge < -0.3 is 19.5 Å². The molecule has 1 aliphatic heterocycles. The van der Waals surface area contributed by atoms with Crippen molar-refractivity contribution in [2.75, 3.05) is 20.3 Å². The molecule has 1 heterocycles. The van der Waals surface area contributed by atoms with Crippen LogP contribution in [0.15, 0.2) is 48.5 Å². The van der Waals surface area contributed by atoms with Gasteiger partial charge in [0.1, 0.15) is 12.6 Å². The maximum atomic E-state index is 12.3. The van der Waals surface area contributed by atoms with Crippen LogP contribution in [0.3, 0.4) is 0 Å². The van der Waals surface area contributed by atoms with Crippen LogP contribution in [0.4, 0.5) is 4.79 Å². The van der Waals surface area contributed by atoms with Crippen LogP contribution >= 0.6 is 0 Å². The lowest BCUT2D eigenvalue weighted by Gasteiger charge is -2.29. The molecule has 1 fully saturated rings. The maximum absolute atomic E-state index is 12.3. The van der Waals surface area contributed by atoms with Gasteiger partial charge in [-0.05, 0) is 35.1 Å². The average Bonchev–Trinajstić information content (AvgIpc) is 3.01. The Hall–Kier alpha value is -2.37. The molecule has 2 aromatic carbocycles. The fourth-order valence-corrected chi connectivity index (χ4v) is 3.77. The second-order valence-corrected chi connectivity index (χ2v) is 6.52. The molecule has 5 heteroatoms. The Morgan fingerprint density at radius 1 is 1.12 bits per heavy atom. The molecule has 5 nitrogen and oxygen atoms in total. The number of benzene rings is 2. The molecule has 1 aliphatic carbocycles. The minimum atomic E-state index is -0.496. The van der Waals surface area contributed by atoms with E-state index >= 15 is 0 Å². The first-order valence-corrected chi connectivity index (χ1v) is 8.90. The zero-order valence-electron chi connectivity index (χ0n) is 14.7. The second kappa shape index (κ2) is 7.48. The first-order chi connectivity index (χ1) is 12.8. The number of rotatable bonds is 4. The lowest BCUT2D eigenvalue weighted by Crippen LogP contribution is -2.42. The van der Waals surface area contributed by atoms with E-state index in [0.29, 0.717) is 13.2 Å². The van der Waals surface area contributed by atoms with E-state index in [1.807, 2.05) is 24.3 Å². The van der Waals surface area contributed by atoms with E-state index in [2.05, 4.69) is 29.6 Å². The average molecular weight is 352 g/mol. The summed E-state index contributed by atoms with van der Waals surface area (Å²) in [6.45, 7) is 0.931. The van der Waals surface area contributed by atoms with Crippen LogP contribution < -0.4 is 5.32 Å². The summed E-state index contributed by atoms with van der Waals surface area (Å²) in [4.78, 5) is 12.3. The van der Waals surface area contributed by atoms with E-state index in [1.54, 1.807) is 7.11 Å². The number of carbonyl (C=O) groups is 1. The molecule has 1 radical (unpaired) electrons. The molecule has 4 rings (SSSR count). The number of methoxy groups -OCH3 is 1. The van der Waals surface area contributed by atoms with E-state index < -0.39 is 12.4 Å². The summed E-state index contributed by atoms with van der Waals surface area (Å²) in [7, 11) is 1.56. The number of fused-ring (bicyclic) bond motifs is 3. The van der Waals surface area contributed by atoms with Crippen molar-refractivity contribution in [1.82, 2.24) is 5.32 Å². The lowest BCUT2D eigenvalue weighted by molar-refractivity contribution is -0.134. The highest BCUT2D eigenvalue weighted by Crippen LogP contribution is 2.44. The molecule has 0 saturated carbocycles. The first kappa shape index (κ1) is 17.1. The van der Waals surface area contributed by atoms with Crippen LogP contribution in [-0.4, -0.2) is 32.7 Å². The van der Waals surface area contributed by atoms with Crippen LogP contribution in [0, 0.1) is 6.04 Å². The van der Waals surface area contributed by atoms with Gasteiger partial charge in [-0.3, -0.25) is 0 Å². The predicted octanol–water partition coefficient (Wildman–Crippen LogP) is 3.84. The Kier molecular flexibility index (Phi) is 4.91. The molecule has 1 atom stereocenters. The Morgan fingerprint density at radius 3 is 2.42 bits per heavy atom. The SMILES string of the molecule is COC1OCCC[C]1NC(=O)OCC1c2ccccc2-c2ccccc21. The van der Waals surface area contributed by atoms with E-state index in [-0.39, 0.29) is 5.92 Å². The Balaban J connectivity index is 1.44. The van der Waals surface area contributed by atoms with Crippen LogP contribution in [-0.2, 0) is 14.2 Å². The van der Waals surface area contributed by atoms with Crippen molar-refractivity contribution in [2.24, 2.45) is 0 Å². The number of ether oxygens (including phenoxy) is 3. The molecule has 1 N–H and O–H groups in total. The van der Waals surface area contributed by atoms with Gasteiger partial charge in [-0.25, -0.2) is 4.79 Å². The van der Waals surface area contributed by atoms with Crippen molar-refractivity contribution in [3.63, 3.8) is 0 Å². The summed E-state index contributed by atoms with van der Waals surface area (Å²) in [5, 5.41) is 2.80. The molecule has 2 aliphatic rings. The minimum absolute atomic E-state index is 0.0546. The Morgan fingerprint density at radius 2 is 1.77 bits per heavy atom. The van der Waals surface area contributed by atoms with Gasteiger partial charge in [0.25, 0.3) is 0 Å². The molecule has 1 saturated heterocycles. The zero-order chi connectivity index (χ0) is 17.9. The van der Waals surface area contributed by atoms with Gasteiger partial charge in [-0.2, -0.15) is 0 Å². The van der Waals surface area contributed by atoms with Crippen LogP contribution in [0.2, 0.25) is 0 Å². The van der Waals surface area contributed by atoms with Gasteiger partial charge in [0.2, 0.25) is 0 Å². The number of hydrogen-bond donors (Lipinski definition) is 1. The Labute approximate surface area is 153 Å². The van der Waals surface area contributed by atoms with Gasteiger partial charge >= 0.3 is 6.09 Å². The molecule has 1 unspecified atom stereocenters. The zero-order valence-corrected chi connectivity index (χ0v) is 14.7. The van der Waals surface area contributed by atoms with E-state index in [0.717, 1.165) is 18.9 Å². The highest BCUT2D eigenvalue weighted by Gasteiger charge is 2.31. The third-order valence-electron chi connectivity index (χ3n) is 4.96. The summed E-state index contributed by atoms with van der Waals surface area (Å²) in [5.41, 5.74) is 4.83. The van der Waals surface area contributed by atoms with Gasteiger partial charge in [0, 0.05) is 19.6 Å². The summed E-state index contributed by atoms with van der Waals surface area (Å²) in [6.07, 6.45) is 0.639. The van der Waals surface area contributed by atoms with Crippen molar-refractivity contribution >= 4 is 6.09 Å². The van der Waals surface area contributed by atoms with Crippen LogP contribution in [0.25, 0.3) is 11.1 Å². The van der Waals surface area contributed by atoms with Gasteiger partial charge in [0.05, 0.1) is 0 Å². The van der Waals surface area contributed by atoms with Crippen molar-refractivity contribution in [2.45, 2.75) is 25.0 Å². The fourth-order valence-electron chi connectivity index (χ4n) is 3.77.